The fourth-order valence-corrected chi connectivity index (χ4v) is 2.37. The number of aryl methyl sites for hydroxylation is 1. The molecule has 0 heterocycles. The third-order valence-corrected chi connectivity index (χ3v) is 3.81. The predicted octanol–water partition coefficient (Wildman–Crippen LogP) is 4.72. The molecule has 0 unspecified atom stereocenters. The summed E-state index contributed by atoms with van der Waals surface area (Å²) in [4.78, 5) is 12.1. The van der Waals surface area contributed by atoms with Crippen LogP contribution in [-0.4, -0.2) is 11.1 Å². The van der Waals surface area contributed by atoms with Crippen molar-refractivity contribution in [3.05, 3.63) is 89.5 Å². The highest BCUT2D eigenvalue weighted by Crippen LogP contribution is 2.22. The summed E-state index contributed by atoms with van der Waals surface area (Å²) >= 11 is 0. The van der Waals surface area contributed by atoms with E-state index in [1.54, 1.807) is 24.3 Å². The van der Waals surface area contributed by atoms with Crippen LogP contribution in [0.2, 0.25) is 0 Å². The van der Waals surface area contributed by atoms with E-state index in [0.29, 0.717) is 5.56 Å². The summed E-state index contributed by atoms with van der Waals surface area (Å²) in [6.45, 7) is 2.28. The van der Waals surface area contributed by atoms with Gasteiger partial charge in [-0.1, -0.05) is 54.1 Å². The lowest BCUT2D eigenvalue weighted by atomic mass is 10.0. The zero-order chi connectivity index (χ0) is 16.9. The molecule has 0 aliphatic carbocycles. The van der Waals surface area contributed by atoms with Gasteiger partial charge in [0, 0.05) is 0 Å². The number of carbonyl (C=O) groups is 1. The van der Waals surface area contributed by atoms with E-state index in [9.17, 15) is 9.90 Å². The first kappa shape index (κ1) is 15.8. The summed E-state index contributed by atoms with van der Waals surface area (Å²) in [6.07, 6.45) is 0. The number of ether oxygens (including phenoxy) is 1. The smallest absolute Gasteiger partial charge is 0.338 e. The molecule has 0 aliphatic heterocycles. The van der Waals surface area contributed by atoms with E-state index in [4.69, 9.17) is 4.74 Å². The third-order valence-electron chi connectivity index (χ3n) is 3.81. The molecule has 1 N–H and O–H groups in total. The minimum atomic E-state index is -0.340. The first-order valence-electron chi connectivity index (χ1n) is 7.74. The Morgan fingerprint density at radius 1 is 0.833 bits per heavy atom. The predicted molar refractivity (Wildman–Crippen MR) is 93.8 cm³/mol. The highest BCUT2D eigenvalue weighted by atomic mass is 16.5. The van der Waals surface area contributed by atoms with E-state index in [2.05, 4.69) is 0 Å². The molecule has 0 fully saturated rings. The van der Waals surface area contributed by atoms with Gasteiger partial charge in [0.2, 0.25) is 0 Å². The summed E-state index contributed by atoms with van der Waals surface area (Å²) < 4.78 is 5.34. The van der Waals surface area contributed by atoms with Gasteiger partial charge in [-0.25, -0.2) is 4.79 Å². The Morgan fingerprint density at radius 3 is 1.96 bits per heavy atom. The molecule has 0 bridgehead atoms. The van der Waals surface area contributed by atoms with Crippen molar-refractivity contribution in [1.29, 1.82) is 0 Å². The Balaban J connectivity index is 1.65. The number of phenolic OH excluding ortho intramolecular Hbond substituents is 1. The van der Waals surface area contributed by atoms with Crippen molar-refractivity contribution in [2.45, 2.75) is 13.5 Å². The van der Waals surface area contributed by atoms with Crippen LogP contribution < -0.4 is 0 Å². The Hall–Kier alpha value is -3.07. The molecule has 3 rings (SSSR count). The van der Waals surface area contributed by atoms with Crippen LogP contribution in [-0.2, 0) is 11.3 Å². The molecule has 3 nitrogen and oxygen atoms in total. The SMILES string of the molecule is Cc1ccc(COC(=O)c2ccc(-c3ccc(O)cc3)cc2)cc1. The van der Waals surface area contributed by atoms with Gasteiger partial charge in [-0.2, -0.15) is 0 Å². The minimum absolute atomic E-state index is 0.232. The summed E-state index contributed by atoms with van der Waals surface area (Å²) in [7, 11) is 0. The van der Waals surface area contributed by atoms with Gasteiger partial charge in [0.15, 0.2) is 0 Å². The average Bonchev–Trinajstić information content (AvgIpc) is 2.62. The van der Waals surface area contributed by atoms with E-state index < -0.39 is 0 Å². The molecule has 0 aliphatic rings. The first-order chi connectivity index (χ1) is 11.6. The zero-order valence-electron chi connectivity index (χ0n) is 13.4. The molecule has 3 aromatic rings. The lowest BCUT2D eigenvalue weighted by Crippen LogP contribution is -2.05. The summed E-state index contributed by atoms with van der Waals surface area (Å²) in [5.74, 6) is -0.108. The van der Waals surface area contributed by atoms with Crippen LogP contribution >= 0.6 is 0 Å². The molecule has 0 saturated heterocycles. The zero-order valence-corrected chi connectivity index (χ0v) is 13.4. The van der Waals surface area contributed by atoms with Crippen LogP contribution in [0.15, 0.2) is 72.8 Å². The fourth-order valence-electron chi connectivity index (χ4n) is 2.37. The largest absolute Gasteiger partial charge is 0.508 e. The number of hydrogen-bond donors (Lipinski definition) is 1. The molecule has 0 radical (unpaired) electrons. The highest BCUT2D eigenvalue weighted by Gasteiger charge is 2.08. The van der Waals surface area contributed by atoms with Gasteiger partial charge in [0.05, 0.1) is 5.56 Å². The standard InChI is InChI=1S/C21H18O3/c1-15-2-4-16(5-3-15)14-24-21(23)19-8-6-17(7-9-19)18-10-12-20(22)13-11-18/h2-13,22H,14H2,1H3. The van der Waals surface area contributed by atoms with Crippen molar-refractivity contribution in [2.24, 2.45) is 0 Å². The molecule has 0 spiro atoms. The maximum absolute atomic E-state index is 12.1. The highest BCUT2D eigenvalue weighted by molar-refractivity contribution is 5.90. The number of benzene rings is 3. The molecule has 0 atom stereocenters. The van der Waals surface area contributed by atoms with Gasteiger partial charge < -0.3 is 9.84 Å². The van der Waals surface area contributed by atoms with E-state index in [-0.39, 0.29) is 18.3 Å². The van der Waals surface area contributed by atoms with E-state index in [1.165, 1.54) is 5.56 Å². The van der Waals surface area contributed by atoms with Crippen molar-refractivity contribution >= 4 is 5.97 Å². The van der Waals surface area contributed by atoms with E-state index in [1.807, 2.05) is 55.5 Å². The van der Waals surface area contributed by atoms with Gasteiger partial charge in [-0.05, 0) is 47.9 Å². The van der Waals surface area contributed by atoms with Gasteiger partial charge >= 0.3 is 5.97 Å². The fraction of sp³-hybridized carbons (Fsp3) is 0.0952. The molecule has 24 heavy (non-hydrogen) atoms. The second-order valence-corrected chi connectivity index (χ2v) is 5.69. The van der Waals surface area contributed by atoms with Crippen molar-refractivity contribution in [1.82, 2.24) is 0 Å². The van der Waals surface area contributed by atoms with E-state index >= 15 is 0 Å². The molecule has 3 aromatic carbocycles. The van der Waals surface area contributed by atoms with E-state index in [0.717, 1.165) is 16.7 Å². The molecule has 0 saturated carbocycles. The van der Waals surface area contributed by atoms with Gasteiger partial charge in [-0.3, -0.25) is 0 Å². The van der Waals surface area contributed by atoms with Gasteiger partial charge in [0.1, 0.15) is 12.4 Å². The normalized spacial score (nSPS) is 10.4. The van der Waals surface area contributed by atoms with Crippen molar-refractivity contribution in [2.75, 3.05) is 0 Å². The Kier molecular flexibility index (Phi) is 4.62. The lowest BCUT2D eigenvalue weighted by Gasteiger charge is -2.07. The molecular formula is C21H18O3. The second-order valence-electron chi connectivity index (χ2n) is 5.69. The van der Waals surface area contributed by atoms with Gasteiger partial charge in [0.25, 0.3) is 0 Å². The lowest BCUT2D eigenvalue weighted by molar-refractivity contribution is 0.0473. The van der Waals surface area contributed by atoms with Crippen LogP contribution in [0, 0.1) is 6.92 Å². The Bertz CT molecular complexity index is 816. The van der Waals surface area contributed by atoms with Crippen LogP contribution in [0.25, 0.3) is 11.1 Å². The minimum Gasteiger partial charge on any atom is -0.508 e. The summed E-state index contributed by atoms with van der Waals surface area (Å²) in [5, 5.41) is 9.33. The van der Waals surface area contributed by atoms with Crippen LogP contribution in [0.1, 0.15) is 21.5 Å². The molecule has 0 amide bonds. The Morgan fingerprint density at radius 2 is 1.38 bits per heavy atom. The van der Waals surface area contributed by atoms with Gasteiger partial charge in [-0.15, -0.1) is 0 Å². The molecule has 0 aromatic heterocycles. The average molecular weight is 318 g/mol. The topological polar surface area (TPSA) is 46.5 Å². The quantitative estimate of drug-likeness (QED) is 0.708. The second kappa shape index (κ2) is 7.01. The third kappa shape index (κ3) is 3.82. The maximum Gasteiger partial charge on any atom is 0.338 e. The first-order valence-corrected chi connectivity index (χ1v) is 7.74. The van der Waals surface area contributed by atoms with Crippen molar-refractivity contribution < 1.29 is 14.6 Å². The number of rotatable bonds is 4. The van der Waals surface area contributed by atoms with Crippen LogP contribution in [0.4, 0.5) is 0 Å². The number of phenols is 1. The molecule has 3 heteroatoms. The Labute approximate surface area is 141 Å². The van der Waals surface area contributed by atoms with Crippen molar-refractivity contribution in [3.8, 4) is 16.9 Å². The number of hydrogen-bond acceptors (Lipinski definition) is 3. The summed E-state index contributed by atoms with van der Waals surface area (Å²) in [5.41, 5.74) is 4.62. The molecular weight excluding hydrogens is 300 g/mol. The summed E-state index contributed by atoms with van der Waals surface area (Å²) in [6, 6.07) is 22.1. The maximum atomic E-state index is 12.1. The number of aromatic hydroxyl groups is 1. The van der Waals surface area contributed by atoms with Crippen LogP contribution in [0.5, 0.6) is 5.75 Å². The monoisotopic (exact) mass is 318 g/mol. The van der Waals surface area contributed by atoms with Crippen LogP contribution in [0.3, 0.4) is 0 Å². The van der Waals surface area contributed by atoms with Crippen molar-refractivity contribution in [3.63, 3.8) is 0 Å². The number of carbonyl (C=O) groups excluding carboxylic acids is 1. The number of esters is 1. The molecule has 120 valence electrons.